The number of nitrogens with one attached hydrogen (secondary N) is 1. The fourth-order valence-electron chi connectivity index (χ4n) is 2.65. The first-order chi connectivity index (χ1) is 11.1. The summed E-state index contributed by atoms with van der Waals surface area (Å²) < 4.78 is 1.84. The van der Waals surface area contributed by atoms with Gasteiger partial charge in [-0.05, 0) is 26.2 Å². The van der Waals surface area contributed by atoms with Crippen molar-refractivity contribution in [3.05, 3.63) is 41.2 Å². The molecule has 0 atom stereocenters. The average Bonchev–Trinajstić information content (AvgIpc) is 2.80. The van der Waals surface area contributed by atoms with Gasteiger partial charge >= 0.3 is 0 Å². The van der Waals surface area contributed by atoms with E-state index in [0.29, 0.717) is 5.56 Å². The summed E-state index contributed by atoms with van der Waals surface area (Å²) in [6.45, 7) is 3.97. The Kier molecular flexibility index (Phi) is 3.97. The lowest BCUT2D eigenvalue weighted by atomic mass is 10.1. The first kappa shape index (κ1) is 15.4. The van der Waals surface area contributed by atoms with Gasteiger partial charge in [-0.25, -0.2) is 4.98 Å². The maximum atomic E-state index is 9.65. The Balaban J connectivity index is 2.29. The molecular formula is C17H17N5S. The number of hydrogen-bond donors (Lipinski definition) is 1. The fraction of sp³-hybridized carbons (Fsp3) is 0.235. The average molecular weight is 323 g/mol. The van der Waals surface area contributed by atoms with Gasteiger partial charge in [0.05, 0.1) is 28.3 Å². The van der Waals surface area contributed by atoms with Gasteiger partial charge in [-0.15, -0.1) is 11.8 Å². The number of hydrogen-bond acceptors (Lipinski definition) is 5. The number of nitrogens with zero attached hydrogens (tertiary/aromatic N) is 4. The summed E-state index contributed by atoms with van der Waals surface area (Å²) in [5.41, 5.74) is 5.10. The highest BCUT2D eigenvalue weighted by Crippen LogP contribution is 2.35. The van der Waals surface area contributed by atoms with Gasteiger partial charge in [0.1, 0.15) is 16.7 Å². The lowest BCUT2D eigenvalue weighted by Gasteiger charge is -2.14. The van der Waals surface area contributed by atoms with E-state index >= 15 is 0 Å². The minimum atomic E-state index is 0.568. The SMILES string of the molecule is CSc1nc2ccccc2c(Nc2c(C)nn(C)c2C)c1C#N. The van der Waals surface area contributed by atoms with Crippen LogP contribution in [0.25, 0.3) is 10.9 Å². The molecule has 1 aromatic carbocycles. The van der Waals surface area contributed by atoms with Gasteiger partial charge in [-0.1, -0.05) is 18.2 Å². The van der Waals surface area contributed by atoms with E-state index in [1.807, 2.05) is 56.1 Å². The number of fused-ring (bicyclic) bond motifs is 1. The minimum absolute atomic E-state index is 0.568. The molecule has 23 heavy (non-hydrogen) atoms. The Morgan fingerprint density at radius 2 is 1.96 bits per heavy atom. The molecule has 3 aromatic rings. The second-order valence-corrected chi connectivity index (χ2v) is 6.09. The van der Waals surface area contributed by atoms with E-state index in [9.17, 15) is 5.26 Å². The second-order valence-electron chi connectivity index (χ2n) is 5.29. The quantitative estimate of drug-likeness (QED) is 0.740. The zero-order valence-electron chi connectivity index (χ0n) is 13.5. The Hall–Kier alpha value is -2.52. The molecular weight excluding hydrogens is 306 g/mol. The van der Waals surface area contributed by atoms with Gasteiger partial charge in [0.2, 0.25) is 0 Å². The van der Waals surface area contributed by atoms with Crippen molar-refractivity contribution in [1.29, 1.82) is 5.26 Å². The maximum Gasteiger partial charge on any atom is 0.116 e. The van der Waals surface area contributed by atoms with Crippen LogP contribution < -0.4 is 5.32 Å². The van der Waals surface area contributed by atoms with E-state index in [4.69, 9.17) is 0 Å². The maximum absolute atomic E-state index is 9.65. The minimum Gasteiger partial charge on any atom is -0.351 e. The monoisotopic (exact) mass is 323 g/mol. The van der Waals surface area contributed by atoms with Crippen LogP contribution in [0.2, 0.25) is 0 Å². The predicted octanol–water partition coefficient (Wildman–Crippen LogP) is 3.92. The van der Waals surface area contributed by atoms with Crippen molar-refractivity contribution in [3.63, 3.8) is 0 Å². The second kappa shape index (κ2) is 5.94. The third kappa shape index (κ3) is 2.53. The van der Waals surface area contributed by atoms with Crippen molar-refractivity contribution in [2.24, 2.45) is 7.05 Å². The van der Waals surface area contributed by atoms with Crippen LogP contribution in [0.15, 0.2) is 29.3 Å². The molecule has 0 aliphatic heterocycles. The van der Waals surface area contributed by atoms with E-state index in [0.717, 1.165) is 38.7 Å². The molecule has 2 aromatic heterocycles. The number of thioether (sulfide) groups is 1. The van der Waals surface area contributed by atoms with E-state index in [2.05, 4.69) is 21.5 Å². The van der Waals surface area contributed by atoms with E-state index < -0.39 is 0 Å². The van der Waals surface area contributed by atoms with Gasteiger partial charge < -0.3 is 5.32 Å². The molecule has 0 fully saturated rings. The molecule has 0 saturated heterocycles. The van der Waals surface area contributed by atoms with Crippen LogP contribution in [0.4, 0.5) is 11.4 Å². The van der Waals surface area contributed by atoms with Crippen LogP contribution in [-0.4, -0.2) is 21.0 Å². The van der Waals surface area contributed by atoms with Crippen molar-refractivity contribution < 1.29 is 0 Å². The van der Waals surface area contributed by atoms with E-state index in [1.165, 1.54) is 11.8 Å². The summed E-state index contributed by atoms with van der Waals surface area (Å²) >= 11 is 1.48. The Labute approximate surface area is 139 Å². The van der Waals surface area contributed by atoms with Crippen LogP contribution in [-0.2, 0) is 7.05 Å². The lowest BCUT2D eigenvalue weighted by Crippen LogP contribution is -2.01. The zero-order valence-corrected chi connectivity index (χ0v) is 14.3. The molecule has 0 saturated carbocycles. The molecule has 1 N–H and O–H groups in total. The summed E-state index contributed by atoms with van der Waals surface area (Å²) in [6, 6.07) is 10.2. The number of para-hydroxylation sites is 1. The summed E-state index contributed by atoms with van der Waals surface area (Å²) in [6.07, 6.45) is 1.93. The number of aromatic nitrogens is 3. The predicted molar refractivity (Wildman–Crippen MR) is 94.2 cm³/mol. The van der Waals surface area contributed by atoms with Crippen molar-refractivity contribution >= 4 is 34.0 Å². The van der Waals surface area contributed by atoms with Crippen LogP contribution in [0.1, 0.15) is 17.0 Å². The lowest BCUT2D eigenvalue weighted by molar-refractivity contribution is 0.731. The van der Waals surface area contributed by atoms with Gasteiger partial charge in [-0.2, -0.15) is 10.4 Å². The molecule has 5 nitrogen and oxygen atoms in total. The van der Waals surface area contributed by atoms with E-state index in [-0.39, 0.29) is 0 Å². The Morgan fingerprint density at radius 1 is 1.22 bits per heavy atom. The Morgan fingerprint density at radius 3 is 2.57 bits per heavy atom. The smallest absolute Gasteiger partial charge is 0.116 e. The first-order valence-electron chi connectivity index (χ1n) is 7.20. The molecule has 0 aliphatic rings. The van der Waals surface area contributed by atoms with Gasteiger partial charge in [-0.3, -0.25) is 4.68 Å². The largest absolute Gasteiger partial charge is 0.351 e. The molecule has 0 spiro atoms. The van der Waals surface area contributed by atoms with Crippen molar-refractivity contribution in [2.45, 2.75) is 18.9 Å². The summed E-state index contributed by atoms with van der Waals surface area (Å²) in [5.74, 6) is 0. The highest BCUT2D eigenvalue weighted by atomic mass is 32.2. The first-order valence-corrected chi connectivity index (χ1v) is 8.43. The molecule has 0 bridgehead atoms. The van der Waals surface area contributed by atoms with Crippen LogP contribution in [0, 0.1) is 25.2 Å². The summed E-state index contributed by atoms with van der Waals surface area (Å²) in [7, 11) is 1.91. The normalized spacial score (nSPS) is 10.7. The molecule has 2 heterocycles. The number of anilines is 2. The van der Waals surface area contributed by atoms with Crippen molar-refractivity contribution in [2.75, 3.05) is 11.6 Å². The highest BCUT2D eigenvalue weighted by molar-refractivity contribution is 7.98. The molecule has 0 radical (unpaired) electrons. The Bertz CT molecular complexity index is 936. The fourth-order valence-corrected chi connectivity index (χ4v) is 3.19. The zero-order chi connectivity index (χ0) is 16.6. The third-order valence-electron chi connectivity index (χ3n) is 3.92. The van der Waals surface area contributed by atoms with Gasteiger partial charge in [0.15, 0.2) is 0 Å². The van der Waals surface area contributed by atoms with Crippen molar-refractivity contribution in [3.8, 4) is 6.07 Å². The molecule has 6 heteroatoms. The number of pyridine rings is 1. The van der Waals surface area contributed by atoms with Crippen LogP contribution >= 0.6 is 11.8 Å². The molecule has 0 aliphatic carbocycles. The number of nitriles is 1. The van der Waals surface area contributed by atoms with Crippen LogP contribution in [0.3, 0.4) is 0 Å². The summed E-state index contributed by atoms with van der Waals surface area (Å²) in [5, 5.41) is 19.2. The summed E-state index contributed by atoms with van der Waals surface area (Å²) in [4.78, 5) is 4.60. The van der Waals surface area contributed by atoms with Crippen LogP contribution in [0.5, 0.6) is 0 Å². The third-order valence-corrected chi connectivity index (χ3v) is 4.61. The molecule has 0 unspecified atom stereocenters. The number of aryl methyl sites for hydroxylation is 2. The molecule has 116 valence electrons. The van der Waals surface area contributed by atoms with Gasteiger partial charge in [0.25, 0.3) is 0 Å². The number of rotatable bonds is 3. The highest BCUT2D eigenvalue weighted by Gasteiger charge is 2.17. The van der Waals surface area contributed by atoms with Gasteiger partial charge in [0, 0.05) is 12.4 Å². The van der Waals surface area contributed by atoms with E-state index in [1.54, 1.807) is 0 Å². The molecule has 3 rings (SSSR count). The topological polar surface area (TPSA) is 66.5 Å². The molecule has 0 amide bonds. The standard InChI is InChI=1S/C17H17N5S/c1-10-15(11(2)22(3)21-10)20-16-12-7-5-6-8-14(12)19-17(23-4)13(16)9-18/h5-8H,1-4H3,(H,19,20). The van der Waals surface area contributed by atoms with Crippen molar-refractivity contribution in [1.82, 2.24) is 14.8 Å². The number of benzene rings is 1.